The lowest BCUT2D eigenvalue weighted by atomic mass is 9.66. The number of benzene rings is 2. The third kappa shape index (κ3) is 10.6. The van der Waals surface area contributed by atoms with Crippen LogP contribution in [0.3, 0.4) is 0 Å². The lowest BCUT2D eigenvalue weighted by molar-refractivity contribution is -0.138. The highest BCUT2D eigenvalue weighted by Gasteiger charge is 2.42. The second kappa shape index (κ2) is 19.4. The van der Waals surface area contributed by atoms with Gasteiger partial charge >= 0.3 is 5.97 Å². The van der Waals surface area contributed by atoms with E-state index in [1.807, 2.05) is 31.2 Å². The predicted molar refractivity (Wildman–Crippen MR) is 175 cm³/mol. The molecular weight excluding hydrogens is 556 g/mol. The summed E-state index contributed by atoms with van der Waals surface area (Å²) in [5.41, 5.74) is 3.15. The molecule has 2 atom stereocenters. The Balaban J connectivity index is 1.56. The largest absolute Gasteiger partial charge is 0.492 e. The van der Waals surface area contributed by atoms with E-state index in [9.17, 15) is 4.79 Å². The number of fused-ring (bicyclic) bond motifs is 1. The van der Waals surface area contributed by atoms with Crippen molar-refractivity contribution in [3.63, 3.8) is 0 Å². The van der Waals surface area contributed by atoms with Gasteiger partial charge in [-0.1, -0.05) is 83.1 Å². The molecule has 7 heteroatoms. The van der Waals surface area contributed by atoms with Crippen molar-refractivity contribution < 1.29 is 33.2 Å². The number of esters is 1. The van der Waals surface area contributed by atoms with Crippen molar-refractivity contribution in [1.82, 2.24) is 0 Å². The molecule has 0 bridgehead atoms. The van der Waals surface area contributed by atoms with E-state index in [1.54, 1.807) is 14.2 Å². The average molecular weight is 611 g/mol. The van der Waals surface area contributed by atoms with Crippen LogP contribution >= 0.6 is 0 Å². The molecule has 3 rings (SSSR count). The molecular formula is C37H54O7. The molecule has 0 amide bonds. The molecule has 2 aromatic carbocycles. The fourth-order valence-electron chi connectivity index (χ4n) is 6.01. The van der Waals surface area contributed by atoms with E-state index in [2.05, 4.69) is 38.1 Å². The third-order valence-electron chi connectivity index (χ3n) is 8.51. The Morgan fingerprint density at radius 1 is 0.886 bits per heavy atom. The zero-order valence-corrected chi connectivity index (χ0v) is 27.7. The first kappa shape index (κ1) is 35.4. The van der Waals surface area contributed by atoms with Crippen LogP contribution in [0, 0.1) is 0 Å². The number of carbonyl (C=O) groups is 1. The Bertz CT molecular complexity index is 1140. The molecule has 0 saturated heterocycles. The second-order valence-electron chi connectivity index (χ2n) is 11.8. The van der Waals surface area contributed by atoms with Gasteiger partial charge in [0, 0.05) is 37.2 Å². The van der Waals surface area contributed by atoms with E-state index in [1.165, 1.54) is 36.8 Å². The van der Waals surface area contributed by atoms with Gasteiger partial charge in [-0.3, -0.25) is 0 Å². The van der Waals surface area contributed by atoms with Crippen LogP contribution in [0.2, 0.25) is 0 Å². The van der Waals surface area contributed by atoms with Crippen molar-refractivity contribution in [2.75, 3.05) is 41.0 Å². The Kier molecular flexibility index (Phi) is 15.6. The molecule has 1 heterocycles. The van der Waals surface area contributed by atoms with Crippen LogP contribution in [0.4, 0.5) is 0 Å². The normalized spacial score (nSPS) is 17.9. The van der Waals surface area contributed by atoms with Crippen molar-refractivity contribution in [2.45, 2.75) is 103 Å². The number of hydrogen-bond acceptors (Lipinski definition) is 7. The first-order valence-corrected chi connectivity index (χ1v) is 16.4. The fraction of sp³-hybridized carbons (Fsp3) is 0.595. The minimum atomic E-state index is -0.177. The molecule has 0 fully saturated rings. The standard InChI is InChI=1S/C37H54O7/c1-6-8-16-29(36(38)41-7-2)17-14-12-10-9-11-13-15-18-34-33-24-23-32(44-28-40-5)25-35(33)42-26-37(34,3)30-19-21-31(22-20-30)43-27-39-4/h16,19-25,34H,6-15,17-18,26-28H2,1-5H3/t34-,37-/m1/s1. The molecule has 0 unspecified atom stereocenters. The summed E-state index contributed by atoms with van der Waals surface area (Å²) in [5.74, 6) is 2.61. The van der Waals surface area contributed by atoms with Crippen LogP contribution in [0.5, 0.6) is 17.2 Å². The number of unbranched alkanes of at least 4 members (excludes halogenated alkanes) is 7. The van der Waals surface area contributed by atoms with Crippen molar-refractivity contribution >= 4 is 5.97 Å². The Morgan fingerprint density at radius 3 is 2.18 bits per heavy atom. The van der Waals surface area contributed by atoms with Gasteiger partial charge in [-0.25, -0.2) is 4.79 Å². The number of allylic oxidation sites excluding steroid dienone is 1. The second-order valence-corrected chi connectivity index (χ2v) is 11.8. The maximum absolute atomic E-state index is 12.2. The van der Waals surface area contributed by atoms with Crippen molar-refractivity contribution in [2.24, 2.45) is 0 Å². The molecule has 1 aliphatic heterocycles. The molecule has 44 heavy (non-hydrogen) atoms. The van der Waals surface area contributed by atoms with Gasteiger partial charge in [0.25, 0.3) is 0 Å². The van der Waals surface area contributed by atoms with Crippen LogP contribution in [0.1, 0.15) is 108 Å². The van der Waals surface area contributed by atoms with Crippen molar-refractivity contribution in [1.29, 1.82) is 0 Å². The summed E-state index contributed by atoms with van der Waals surface area (Å²) >= 11 is 0. The average Bonchev–Trinajstić information content (AvgIpc) is 3.04. The summed E-state index contributed by atoms with van der Waals surface area (Å²) in [5, 5.41) is 0. The highest BCUT2D eigenvalue weighted by molar-refractivity contribution is 5.88. The number of methoxy groups -OCH3 is 2. The Hall–Kier alpha value is -3.03. The highest BCUT2D eigenvalue weighted by Crippen LogP contribution is 2.50. The molecule has 2 aromatic rings. The van der Waals surface area contributed by atoms with E-state index in [4.69, 9.17) is 28.4 Å². The van der Waals surface area contributed by atoms with Gasteiger partial charge in [-0.2, -0.15) is 0 Å². The predicted octanol–water partition coefficient (Wildman–Crippen LogP) is 8.89. The van der Waals surface area contributed by atoms with Gasteiger partial charge in [-0.05, 0) is 61.9 Å². The summed E-state index contributed by atoms with van der Waals surface area (Å²) in [6, 6.07) is 14.5. The lowest BCUT2D eigenvalue weighted by Gasteiger charge is -2.43. The Labute approximate surface area is 265 Å². The van der Waals surface area contributed by atoms with Gasteiger partial charge in [0.1, 0.15) is 17.2 Å². The van der Waals surface area contributed by atoms with Gasteiger partial charge in [0.15, 0.2) is 13.6 Å². The van der Waals surface area contributed by atoms with E-state index >= 15 is 0 Å². The van der Waals surface area contributed by atoms with Crippen LogP contribution in [0.15, 0.2) is 54.1 Å². The SMILES string of the molecule is CCCC=C(CCCCCCCCC[C@@H]1c2ccc(OCOC)cc2OC[C@]1(C)c1ccc(OCOC)cc1)C(=O)OCC. The third-order valence-corrected chi connectivity index (χ3v) is 8.51. The molecule has 0 spiro atoms. The van der Waals surface area contributed by atoms with E-state index in [-0.39, 0.29) is 25.0 Å². The summed E-state index contributed by atoms with van der Waals surface area (Å²) < 4.78 is 33.1. The van der Waals surface area contributed by atoms with Gasteiger partial charge in [-0.15, -0.1) is 0 Å². The minimum absolute atomic E-state index is 0.142. The van der Waals surface area contributed by atoms with Crippen molar-refractivity contribution in [3.8, 4) is 17.2 Å². The van der Waals surface area contributed by atoms with Crippen LogP contribution in [-0.2, 0) is 24.4 Å². The quantitative estimate of drug-likeness (QED) is 0.0605. The molecule has 7 nitrogen and oxygen atoms in total. The lowest BCUT2D eigenvalue weighted by Crippen LogP contribution is -2.40. The smallest absolute Gasteiger partial charge is 0.333 e. The van der Waals surface area contributed by atoms with E-state index in [0.717, 1.165) is 67.8 Å². The number of rotatable bonds is 21. The summed E-state index contributed by atoms with van der Waals surface area (Å²) in [4.78, 5) is 12.2. The van der Waals surface area contributed by atoms with E-state index in [0.29, 0.717) is 19.1 Å². The van der Waals surface area contributed by atoms with Crippen LogP contribution < -0.4 is 14.2 Å². The van der Waals surface area contributed by atoms with Gasteiger partial charge in [0.2, 0.25) is 0 Å². The molecule has 0 saturated carbocycles. The molecule has 1 aliphatic rings. The zero-order chi connectivity index (χ0) is 31.6. The van der Waals surface area contributed by atoms with Crippen molar-refractivity contribution in [3.05, 3.63) is 65.2 Å². The molecule has 0 radical (unpaired) electrons. The first-order chi connectivity index (χ1) is 21.5. The summed E-state index contributed by atoms with van der Waals surface area (Å²) in [6.07, 6.45) is 14.1. The summed E-state index contributed by atoms with van der Waals surface area (Å²) in [7, 11) is 3.24. The molecule has 0 aliphatic carbocycles. The molecule has 0 N–H and O–H groups in total. The monoisotopic (exact) mass is 610 g/mol. The molecule has 244 valence electrons. The van der Waals surface area contributed by atoms with Gasteiger partial charge < -0.3 is 28.4 Å². The van der Waals surface area contributed by atoms with E-state index < -0.39 is 0 Å². The summed E-state index contributed by atoms with van der Waals surface area (Å²) in [6.45, 7) is 7.78. The number of carbonyl (C=O) groups excluding carboxylic acids is 1. The van der Waals surface area contributed by atoms with Crippen LogP contribution in [0.25, 0.3) is 0 Å². The first-order valence-electron chi connectivity index (χ1n) is 16.4. The Morgan fingerprint density at radius 2 is 1.52 bits per heavy atom. The number of ether oxygens (including phenoxy) is 6. The fourth-order valence-corrected chi connectivity index (χ4v) is 6.01. The topological polar surface area (TPSA) is 72.5 Å². The maximum atomic E-state index is 12.2. The molecule has 0 aromatic heterocycles. The van der Waals surface area contributed by atoms with Crippen LogP contribution in [-0.4, -0.2) is 47.0 Å². The zero-order valence-electron chi connectivity index (χ0n) is 27.7. The highest BCUT2D eigenvalue weighted by atomic mass is 16.7. The number of hydrogen-bond donors (Lipinski definition) is 0. The van der Waals surface area contributed by atoms with Gasteiger partial charge in [0.05, 0.1) is 13.2 Å². The minimum Gasteiger partial charge on any atom is -0.492 e. The maximum Gasteiger partial charge on any atom is 0.333 e.